The number of carbonyl (C=O) groups excluding carboxylic acids is 6. The van der Waals surface area contributed by atoms with Crippen molar-refractivity contribution in [3.05, 3.63) is 63.7 Å². The number of ether oxygens (including phenoxy) is 4. The first-order valence-corrected chi connectivity index (χ1v) is 15.2. The van der Waals surface area contributed by atoms with Gasteiger partial charge in [-0.15, -0.1) is 0 Å². The normalized spacial score (nSPS) is 27.4. The molecule has 2 amide bonds. The molecular weight excluding hydrogens is 648 g/mol. The maximum Gasteiger partial charge on any atom is 0.320 e. The molecule has 0 spiro atoms. The van der Waals surface area contributed by atoms with Crippen molar-refractivity contribution >= 4 is 35.1 Å². The predicted molar refractivity (Wildman–Crippen MR) is 161 cm³/mol. The molecule has 0 unspecified atom stereocenters. The van der Waals surface area contributed by atoms with E-state index < -0.39 is 120 Å². The molecule has 6 atom stereocenters. The van der Waals surface area contributed by atoms with Crippen LogP contribution >= 0.6 is 0 Å². The lowest BCUT2D eigenvalue weighted by atomic mass is 9.72. The van der Waals surface area contributed by atoms with Gasteiger partial charge >= 0.3 is 5.97 Å². The minimum Gasteiger partial charge on any atom is -0.507 e. The van der Waals surface area contributed by atoms with Gasteiger partial charge in [0.05, 0.1) is 48.6 Å². The zero-order valence-electron chi connectivity index (χ0n) is 26.2. The summed E-state index contributed by atoms with van der Waals surface area (Å²) in [5.41, 5.74) is 0.846. The van der Waals surface area contributed by atoms with Crippen LogP contribution in [0.2, 0.25) is 0 Å². The monoisotopic (exact) mass is 680 g/mol. The van der Waals surface area contributed by atoms with Gasteiger partial charge in [0.2, 0.25) is 11.6 Å². The molecule has 16 heteroatoms. The van der Waals surface area contributed by atoms with Gasteiger partial charge in [-0.25, -0.2) is 0 Å². The van der Waals surface area contributed by atoms with Crippen LogP contribution in [-0.2, 0) is 39.8 Å². The molecule has 0 bridgehead atoms. The first kappa shape index (κ1) is 33.9. The molecule has 16 nitrogen and oxygen atoms in total. The molecule has 4 aliphatic rings. The van der Waals surface area contributed by atoms with Gasteiger partial charge in [-0.05, 0) is 13.0 Å². The molecule has 2 aromatic carbocycles. The first-order chi connectivity index (χ1) is 23.2. The Kier molecular flexibility index (Phi) is 8.62. The fraction of sp³-hybridized carbons (Fsp3) is 0.394. The lowest BCUT2D eigenvalue weighted by Gasteiger charge is -2.44. The zero-order chi connectivity index (χ0) is 35.5. The molecule has 258 valence electrons. The van der Waals surface area contributed by atoms with E-state index in [0.29, 0.717) is 0 Å². The van der Waals surface area contributed by atoms with E-state index in [2.05, 4.69) is 0 Å². The van der Waals surface area contributed by atoms with Crippen LogP contribution in [-0.4, -0.2) is 111 Å². The number of hydrogen-bond acceptors (Lipinski definition) is 15. The number of imide groups is 1. The lowest BCUT2D eigenvalue weighted by Crippen LogP contribution is -2.57. The van der Waals surface area contributed by atoms with E-state index in [1.54, 1.807) is 0 Å². The smallest absolute Gasteiger partial charge is 0.320 e. The quantitative estimate of drug-likeness (QED) is 0.114. The van der Waals surface area contributed by atoms with Crippen LogP contribution in [0.15, 0.2) is 30.4 Å². The molecule has 6 rings (SSSR count). The van der Waals surface area contributed by atoms with E-state index in [0.717, 1.165) is 17.1 Å². The molecule has 2 aliphatic carbocycles. The first-order valence-electron chi connectivity index (χ1n) is 15.2. The van der Waals surface area contributed by atoms with Crippen LogP contribution in [0, 0.1) is 0 Å². The molecule has 2 aromatic rings. The summed E-state index contributed by atoms with van der Waals surface area (Å²) in [7, 11) is 1.29. The van der Waals surface area contributed by atoms with Crippen LogP contribution in [0.25, 0.3) is 0 Å². The van der Waals surface area contributed by atoms with E-state index in [9.17, 15) is 49.2 Å². The molecule has 0 saturated carbocycles. The molecule has 0 aromatic heterocycles. The maximum absolute atomic E-state index is 13.9. The Bertz CT molecular complexity index is 1830. The van der Waals surface area contributed by atoms with Gasteiger partial charge in [0.25, 0.3) is 11.8 Å². The second-order valence-corrected chi connectivity index (χ2v) is 12.1. The number of carbonyl (C=O) groups is 6. The summed E-state index contributed by atoms with van der Waals surface area (Å²) in [5, 5.41) is 45.9. The van der Waals surface area contributed by atoms with E-state index in [1.807, 2.05) is 0 Å². The number of rotatable bonds is 8. The molecule has 2 heterocycles. The number of aliphatic hydroxyl groups excluding tert-OH is 1. The average molecular weight is 681 g/mol. The van der Waals surface area contributed by atoms with Crippen LogP contribution in [0.5, 0.6) is 17.2 Å². The number of ketones is 3. The summed E-state index contributed by atoms with van der Waals surface area (Å²) in [6.07, 6.45) is -4.81. The summed E-state index contributed by atoms with van der Waals surface area (Å²) >= 11 is 0. The average Bonchev–Trinajstić information content (AvgIpc) is 3.41. The van der Waals surface area contributed by atoms with Crippen LogP contribution in [0.3, 0.4) is 0 Å². The highest BCUT2D eigenvalue weighted by Gasteiger charge is 2.51. The summed E-state index contributed by atoms with van der Waals surface area (Å²) in [5.74, 6) is -6.57. The standard InChI is InChI=1S/C33H32N2O14/c1-13-28(40)16(35-20(37)6-7-21(35)38)8-23(48-13)49-18-10-33(45,19(36)12-47-22(39)11-34)9-15-25(18)32(44)27-26(30(15)42)29(41)14-4-3-5-17(46-2)24(14)31(27)43/h3-7,13,16,18,23,28,40,42,44-45H,8-12,34H2,1-2H3/t13-,16-,18-,23-,28+,33-/m0/s1. The van der Waals surface area contributed by atoms with E-state index in [-0.39, 0.29) is 34.4 Å². The van der Waals surface area contributed by atoms with Crippen LogP contribution < -0.4 is 10.5 Å². The number of Topliss-reactive ketones (excluding diaryl/α,β-unsaturated/α-hetero) is 1. The minimum absolute atomic E-state index is 0.0348. The summed E-state index contributed by atoms with van der Waals surface area (Å²) in [6, 6.07) is 3.11. The van der Waals surface area contributed by atoms with Crippen LogP contribution in [0.4, 0.5) is 0 Å². The number of benzene rings is 2. The number of amides is 2. The Balaban J connectivity index is 1.45. The Labute approximate surface area is 277 Å². The summed E-state index contributed by atoms with van der Waals surface area (Å²) < 4.78 is 22.1. The molecular formula is C33H32N2O14. The maximum atomic E-state index is 13.9. The van der Waals surface area contributed by atoms with Gasteiger partial charge in [0.15, 0.2) is 18.7 Å². The Hall–Kier alpha value is -5.00. The van der Waals surface area contributed by atoms with Gasteiger partial charge in [0, 0.05) is 48.1 Å². The molecule has 2 aliphatic heterocycles. The van der Waals surface area contributed by atoms with Crippen molar-refractivity contribution in [1.82, 2.24) is 4.90 Å². The predicted octanol–water partition coefficient (Wildman–Crippen LogP) is -0.523. The third-order valence-electron chi connectivity index (χ3n) is 9.29. The fourth-order valence-electron chi connectivity index (χ4n) is 6.88. The van der Waals surface area contributed by atoms with E-state index >= 15 is 0 Å². The van der Waals surface area contributed by atoms with Gasteiger partial charge in [-0.2, -0.15) is 0 Å². The molecule has 1 fully saturated rings. The zero-order valence-corrected chi connectivity index (χ0v) is 26.2. The van der Waals surface area contributed by atoms with E-state index in [4.69, 9.17) is 24.7 Å². The number of fused-ring (bicyclic) bond motifs is 3. The SMILES string of the molecule is COc1cccc2c1C(=O)c1c(O)c3c(c(O)c1C2=O)C[C@@](O)(C(=O)COC(=O)CN)C[C@@H]3O[C@H]1C[C@H](N2C(=O)C=CC2=O)[C@H](O)[C@H](C)O1. The number of aliphatic hydroxyl groups is 2. The lowest BCUT2D eigenvalue weighted by molar-refractivity contribution is -0.256. The largest absolute Gasteiger partial charge is 0.507 e. The number of hydrogen-bond donors (Lipinski definition) is 5. The number of esters is 1. The second-order valence-electron chi connectivity index (χ2n) is 12.1. The van der Waals surface area contributed by atoms with Crippen molar-refractivity contribution < 1.29 is 68.1 Å². The number of nitrogens with zero attached hydrogens (tertiary/aromatic N) is 1. The van der Waals surface area contributed by atoms with Crippen molar-refractivity contribution in [2.75, 3.05) is 20.3 Å². The van der Waals surface area contributed by atoms with Gasteiger partial charge in [-0.3, -0.25) is 33.7 Å². The minimum atomic E-state index is -2.43. The molecule has 49 heavy (non-hydrogen) atoms. The van der Waals surface area contributed by atoms with Gasteiger partial charge in [-0.1, -0.05) is 12.1 Å². The van der Waals surface area contributed by atoms with Gasteiger partial charge < -0.3 is 45.1 Å². The van der Waals surface area contributed by atoms with Gasteiger partial charge in [0.1, 0.15) is 29.0 Å². The molecule has 1 saturated heterocycles. The van der Waals surface area contributed by atoms with Crippen molar-refractivity contribution in [3.8, 4) is 17.2 Å². The number of methoxy groups -OCH3 is 1. The van der Waals surface area contributed by atoms with Crippen LogP contribution in [0.1, 0.15) is 68.8 Å². The highest BCUT2D eigenvalue weighted by molar-refractivity contribution is 6.31. The number of phenolic OH excluding ortho intramolecular Hbond substituents is 2. The van der Waals surface area contributed by atoms with Crippen molar-refractivity contribution in [1.29, 1.82) is 0 Å². The third-order valence-corrected chi connectivity index (χ3v) is 9.29. The second kappa shape index (κ2) is 12.5. The van der Waals surface area contributed by atoms with E-state index in [1.165, 1.54) is 32.2 Å². The number of nitrogens with two attached hydrogens (primary N) is 1. The Morgan fingerprint density at radius 3 is 2.37 bits per heavy atom. The summed E-state index contributed by atoms with van der Waals surface area (Å²) in [6.45, 7) is -0.0135. The topological polar surface area (TPSA) is 250 Å². The number of phenols is 2. The molecule has 6 N–H and O–H groups in total. The number of aromatic hydroxyl groups is 2. The Morgan fingerprint density at radius 1 is 1.04 bits per heavy atom. The van der Waals surface area contributed by atoms with Crippen molar-refractivity contribution in [3.63, 3.8) is 0 Å². The van der Waals surface area contributed by atoms with Crippen molar-refractivity contribution in [2.24, 2.45) is 5.73 Å². The Morgan fingerprint density at radius 2 is 1.71 bits per heavy atom. The highest BCUT2D eigenvalue weighted by atomic mass is 16.7. The van der Waals surface area contributed by atoms with Crippen molar-refractivity contribution in [2.45, 2.75) is 62.4 Å². The molecule has 0 radical (unpaired) electrons. The fourth-order valence-corrected chi connectivity index (χ4v) is 6.88. The third kappa shape index (κ3) is 5.47. The summed E-state index contributed by atoms with van der Waals surface area (Å²) in [4.78, 5) is 78.5. The highest BCUT2D eigenvalue weighted by Crippen LogP contribution is 2.52.